The summed E-state index contributed by atoms with van der Waals surface area (Å²) in [5, 5.41) is 10.7. The number of nitro groups is 1. The number of non-ortho nitro benzene ring substituents is 1. The summed E-state index contributed by atoms with van der Waals surface area (Å²) in [5.74, 6) is 8.54. The normalized spacial score (nSPS) is 11.5. The van der Waals surface area contributed by atoms with Crippen LogP contribution in [0.25, 0.3) is 11.1 Å². The van der Waals surface area contributed by atoms with Gasteiger partial charge in [0.2, 0.25) is 0 Å². The molecule has 176 valence electrons. The van der Waals surface area contributed by atoms with Crippen molar-refractivity contribution in [3.63, 3.8) is 0 Å². The van der Waals surface area contributed by atoms with Crippen molar-refractivity contribution in [2.24, 2.45) is 11.8 Å². The highest BCUT2D eigenvalue weighted by Gasteiger charge is 2.05. The number of ether oxygens (including phenoxy) is 1. The molecule has 4 heteroatoms. The Bertz CT molecular complexity index is 1100. The lowest BCUT2D eigenvalue weighted by Crippen LogP contribution is -2.04. The molecule has 0 heterocycles. The van der Waals surface area contributed by atoms with Crippen LogP contribution in [0.3, 0.4) is 0 Å². The van der Waals surface area contributed by atoms with Gasteiger partial charge < -0.3 is 4.74 Å². The van der Waals surface area contributed by atoms with E-state index in [1.165, 1.54) is 31.4 Å². The van der Waals surface area contributed by atoms with E-state index < -0.39 is 4.92 Å². The Morgan fingerprint density at radius 2 is 1.29 bits per heavy atom. The molecule has 0 aromatic heterocycles. The lowest BCUT2D eigenvalue weighted by molar-refractivity contribution is -0.384. The molecular formula is C30H33NO3. The van der Waals surface area contributed by atoms with Crippen molar-refractivity contribution in [3.05, 3.63) is 94.0 Å². The molecule has 0 saturated carbocycles. The largest absolute Gasteiger partial charge is 0.494 e. The number of hydrogen-bond donors (Lipinski definition) is 0. The zero-order valence-corrected chi connectivity index (χ0v) is 20.3. The molecule has 3 aromatic carbocycles. The van der Waals surface area contributed by atoms with Gasteiger partial charge in [0, 0.05) is 23.3 Å². The van der Waals surface area contributed by atoms with Gasteiger partial charge in [-0.15, -0.1) is 0 Å². The van der Waals surface area contributed by atoms with E-state index in [2.05, 4.69) is 56.9 Å². The third-order valence-electron chi connectivity index (χ3n) is 5.86. The summed E-state index contributed by atoms with van der Waals surface area (Å²) in [6.07, 6.45) is 4.96. The van der Waals surface area contributed by atoms with Gasteiger partial charge >= 0.3 is 0 Å². The molecular weight excluding hydrogens is 422 g/mol. The molecule has 0 spiro atoms. The predicted molar refractivity (Wildman–Crippen MR) is 139 cm³/mol. The summed E-state index contributed by atoms with van der Waals surface area (Å²) in [5.41, 5.74) is 3.95. The van der Waals surface area contributed by atoms with Gasteiger partial charge in [0.25, 0.3) is 5.69 Å². The van der Waals surface area contributed by atoms with E-state index >= 15 is 0 Å². The minimum Gasteiger partial charge on any atom is -0.494 e. The first kappa shape index (κ1) is 25.1. The molecule has 0 fully saturated rings. The minimum absolute atomic E-state index is 0.0676. The molecule has 3 rings (SSSR count). The van der Waals surface area contributed by atoms with Crippen molar-refractivity contribution in [1.82, 2.24) is 0 Å². The monoisotopic (exact) mass is 455 g/mol. The topological polar surface area (TPSA) is 52.4 Å². The molecule has 0 saturated heterocycles. The van der Waals surface area contributed by atoms with Crippen molar-refractivity contribution in [3.8, 4) is 28.7 Å². The summed E-state index contributed by atoms with van der Waals surface area (Å²) in [6, 6.07) is 22.6. The van der Waals surface area contributed by atoms with Gasteiger partial charge in [0.15, 0.2) is 0 Å². The number of nitro benzene ring substituents is 1. The Morgan fingerprint density at radius 3 is 1.82 bits per heavy atom. The van der Waals surface area contributed by atoms with Crippen molar-refractivity contribution in [2.75, 3.05) is 6.61 Å². The molecule has 0 unspecified atom stereocenters. The van der Waals surface area contributed by atoms with Gasteiger partial charge in [-0.25, -0.2) is 0 Å². The highest BCUT2D eigenvalue weighted by molar-refractivity contribution is 5.65. The Morgan fingerprint density at radius 1 is 0.765 bits per heavy atom. The average molecular weight is 456 g/mol. The molecule has 0 aliphatic rings. The first-order valence-electron chi connectivity index (χ1n) is 12.0. The second kappa shape index (κ2) is 12.6. The Hall–Kier alpha value is -3.58. The van der Waals surface area contributed by atoms with Gasteiger partial charge in [-0.3, -0.25) is 10.1 Å². The molecule has 34 heavy (non-hydrogen) atoms. The number of rotatable bonds is 10. The standard InChI is InChI=1S/C30H33NO3/c1-23(2)5-4-6-24(3)21-22-34-30-19-15-28(16-20-30)27-13-9-25(10-14-27)7-8-26-11-17-29(18-12-26)31(32)33/h9-20,23-24H,4-6,21-22H2,1-3H3/t24-/m0/s1. The smallest absolute Gasteiger partial charge is 0.269 e. The SMILES string of the molecule is CC(C)CCC[C@H](C)CCOc1ccc(-c2ccc(C#Cc3ccc([N+](=O)[O-])cc3)cc2)cc1. The maximum atomic E-state index is 10.7. The van der Waals surface area contributed by atoms with Crippen LogP contribution in [0.2, 0.25) is 0 Å². The van der Waals surface area contributed by atoms with Crippen LogP contribution in [0.1, 0.15) is 57.6 Å². The maximum absolute atomic E-state index is 10.7. The van der Waals surface area contributed by atoms with Crippen LogP contribution in [-0.4, -0.2) is 11.5 Å². The van der Waals surface area contributed by atoms with Gasteiger partial charge in [0.1, 0.15) is 5.75 Å². The van der Waals surface area contributed by atoms with E-state index in [0.29, 0.717) is 5.92 Å². The quantitative estimate of drug-likeness (QED) is 0.177. The van der Waals surface area contributed by atoms with Crippen LogP contribution in [0, 0.1) is 33.8 Å². The van der Waals surface area contributed by atoms with Gasteiger partial charge in [-0.2, -0.15) is 0 Å². The summed E-state index contributed by atoms with van der Waals surface area (Å²) < 4.78 is 5.95. The molecule has 0 amide bonds. The summed E-state index contributed by atoms with van der Waals surface area (Å²) in [7, 11) is 0. The number of benzene rings is 3. The zero-order chi connectivity index (χ0) is 24.3. The Labute approximate surface area is 203 Å². The first-order chi connectivity index (χ1) is 16.4. The minimum atomic E-state index is -0.412. The number of hydrogen-bond acceptors (Lipinski definition) is 3. The second-order valence-corrected chi connectivity index (χ2v) is 9.22. The fourth-order valence-electron chi connectivity index (χ4n) is 3.70. The second-order valence-electron chi connectivity index (χ2n) is 9.22. The Kier molecular flexibility index (Phi) is 9.29. The molecule has 0 aliphatic carbocycles. The van der Waals surface area contributed by atoms with Crippen LogP contribution in [0.15, 0.2) is 72.8 Å². The summed E-state index contributed by atoms with van der Waals surface area (Å²) in [6.45, 7) is 7.63. The Balaban J connectivity index is 1.50. The summed E-state index contributed by atoms with van der Waals surface area (Å²) >= 11 is 0. The zero-order valence-electron chi connectivity index (χ0n) is 20.3. The van der Waals surface area contributed by atoms with Crippen molar-refractivity contribution in [1.29, 1.82) is 0 Å². The van der Waals surface area contributed by atoms with E-state index in [1.54, 1.807) is 12.1 Å². The van der Waals surface area contributed by atoms with Crippen LogP contribution < -0.4 is 4.74 Å². The third kappa shape index (κ3) is 8.08. The van der Waals surface area contributed by atoms with Crippen molar-refractivity contribution >= 4 is 5.69 Å². The highest BCUT2D eigenvalue weighted by Crippen LogP contribution is 2.23. The number of nitrogens with zero attached hydrogens (tertiary/aromatic N) is 1. The maximum Gasteiger partial charge on any atom is 0.269 e. The fraction of sp³-hybridized carbons (Fsp3) is 0.333. The molecule has 1 atom stereocenters. The van der Waals surface area contributed by atoms with E-state index in [0.717, 1.165) is 46.9 Å². The first-order valence-corrected chi connectivity index (χ1v) is 12.0. The summed E-state index contributed by atoms with van der Waals surface area (Å²) in [4.78, 5) is 10.3. The van der Waals surface area contributed by atoms with Gasteiger partial charge in [0.05, 0.1) is 11.5 Å². The molecule has 0 radical (unpaired) electrons. The van der Waals surface area contributed by atoms with Crippen LogP contribution in [0.4, 0.5) is 5.69 Å². The van der Waals surface area contributed by atoms with Gasteiger partial charge in [-0.1, -0.05) is 76.1 Å². The van der Waals surface area contributed by atoms with Crippen LogP contribution in [-0.2, 0) is 0 Å². The van der Waals surface area contributed by atoms with Crippen molar-refractivity contribution in [2.45, 2.75) is 46.5 Å². The molecule has 3 aromatic rings. The predicted octanol–water partition coefficient (Wildman–Crippen LogP) is 7.89. The molecule has 0 bridgehead atoms. The van der Waals surface area contributed by atoms with E-state index in [4.69, 9.17) is 4.74 Å². The van der Waals surface area contributed by atoms with Gasteiger partial charge in [-0.05, 0) is 65.8 Å². The lowest BCUT2D eigenvalue weighted by Gasteiger charge is -2.13. The highest BCUT2D eigenvalue weighted by atomic mass is 16.6. The van der Waals surface area contributed by atoms with Crippen LogP contribution in [0.5, 0.6) is 5.75 Å². The average Bonchev–Trinajstić information content (AvgIpc) is 2.83. The molecule has 0 N–H and O–H groups in total. The van der Waals surface area contributed by atoms with Crippen LogP contribution >= 0.6 is 0 Å². The lowest BCUT2D eigenvalue weighted by atomic mass is 9.98. The fourth-order valence-corrected chi connectivity index (χ4v) is 3.70. The van der Waals surface area contributed by atoms with Crippen molar-refractivity contribution < 1.29 is 9.66 Å². The van der Waals surface area contributed by atoms with E-state index in [9.17, 15) is 10.1 Å². The molecule has 0 aliphatic heterocycles. The van der Waals surface area contributed by atoms with E-state index in [1.807, 2.05) is 24.3 Å². The van der Waals surface area contributed by atoms with E-state index in [-0.39, 0.29) is 5.69 Å². The third-order valence-corrected chi connectivity index (χ3v) is 5.86. The molecule has 4 nitrogen and oxygen atoms in total.